The zero-order valence-corrected chi connectivity index (χ0v) is 18.7. The van der Waals surface area contributed by atoms with Crippen molar-refractivity contribution < 1.29 is 9.18 Å². The molecular weight excluding hydrogens is 389 g/mol. The van der Waals surface area contributed by atoms with E-state index in [2.05, 4.69) is 28.9 Å². The van der Waals surface area contributed by atoms with E-state index in [1.165, 1.54) is 11.6 Å². The van der Waals surface area contributed by atoms with Crippen LogP contribution in [0.15, 0.2) is 42.5 Å². The fourth-order valence-electron chi connectivity index (χ4n) is 4.80. The third kappa shape index (κ3) is 4.82. The Bertz CT molecular complexity index is 1070. The Balaban J connectivity index is 1.36. The Morgan fingerprint density at radius 3 is 2.84 bits per heavy atom. The van der Waals surface area contributed by atoms with E-state index in [4.69, 9.17) is 0 Å². The molecule has 1 aliphatic heterocycles. The second-order valence-electron chi connectivity index (χ2n) is 9.01. The number of H-pyrrole nitrogens is 1. The number of rotatable bonds is 6. The lowest BCUT2D eigenvalue weighted by Gasteiger charge is -2.34. The van der Waals surface area contributed by atoms with Crippen LogP contribution in [0.2, 0.25) is 0 Å². The number of carbonyl (C=O) groups is 1. The molecule has 1 aliphatic rings. The third-order valence-electron chi connectivity index (χ3n) is 6.56. The molecule has 0 aliphatic carbocycles. The van der Waals surface area contributed by atoms with Crippen LogP contribution in [0, 0.1) is 25.6 Å². The molecule has 1 unspecified atom stereocenters. The van der Waals surface area contributed by atoms with Crippen LogP contribution in [0.25, 0.3) is 10.9 Å². The van der Waals surface area contributed by atoms with Gasteiger partial charge < -0.3 is 14.8 Å². The Labute approximate surface area is 184 Å². The number of hydrogen-bond acceptors (Lipinski definition) is 2. The Morgan fingerprint density at radius 2 is 2.03 bits per heavy atom. The Morgan fingerprint density at radius 1 is 1.23 bits per heavy atom. The van der Waals surface area contributed by atoms with Crippen molar-refractivity contribution in [3.63, 3.8) is 0 Å². The van der Waals surface area contributed by atoms with E-state index in [0.717, 1.165) is 67.5 Å². The summed E-state index contributed by atoms with van der Waals surface area (Å²) < 4.78 is 13.9. The first-order valence-electron chi connectivity index (χ1n) is 11.2. The van der Waals surface area contributed by atoms with E-state index in [1.807, 2.05) is 37.1 Å². The summed E-state index contributed by atoms with van der Waals surface area (Å²) in [7, 11) is 1.90. The molecule has 164 valence electrons. The van der Waals surface area contributed by atoms with Crippen LogP contribution in [0.3, 0.4) is 0 Å². The van der Waals surface area contributed by atoms with E-state index < -0.39 is 0 Å². The number of aromatic amines is 1. The molecule has 1 amide bonds. The number of piperidine rings is 1. The first-order chi connectivity index (χ1) is 14.9. The van der Waals surface area contributed by atoms with Crippen LogP contribution in [0.5, 0.6) is 0 Å². The number of aromatic nitrogens is 1. The molecule has 1 N–H and O–H groups in total. The van der Waals surface area contributed by atoms with Crippen molar-refractivity contribution in [2.24, 2.45) is 5.92 Å². The van der Waals surface area contributed by atoms with Gasteiger partial charge in [-0.15, -0.1) is 0 Å². The maximum atomic E-state index is 13.9. The molecule has 1 aromatic heterocycles. The van der Waals surface area contributed by atoms with Gasteiger partial charge in [0.1, 0.15) is 11.5 Å². The van der Waals surface area contributed by atoms with E-state index in [1.54, 1.807) is 6.07 Å². The van der Waals surface area contributed by atoms with Crippen molar-refractivity contribution in [3.8, 4) is 0 Å². The highest BCUT2D eigenvalue weighted by Crippen LogP contribution is 2.25. The number of nitrogens with one attached hydrogen (secondary N) is 1. The van der Waals surface area contributed by atoms with Crippen molar-refractivity contribution in [1.82, 2.24) is 14.8 Å². The second-order valence-corrected chi connectivity index (χ2v) is 9.01. The third-order valence-corrected chi connectivity index (χ3v) is 6.56. The fourth-order valence-corrected chi connectivity index (χ4v) is 4.80. The summed E-state index contributed by atoms with van der Waals surface area (Å²) in [6, 6.07) is 13.3. The average Bonchev–Trinajstić information content (AvgIpc) is 3.08. The van der Waals surface area contributed by atoms with Gasteiger partial charge in [-0.1, -0.05) is 29.8 Å². The summed E-state index contributed by atoms with van der Waals surface area (Å²) in [4.78, 5) is 20.8. The first-order valence-corrected chi connectivity index (χ1v) is 11.2. The highest BCUT2D eigenvalue weighted by atomic mass is 19.1. The zero-order valence-electron chi connectivity index (χ0n) is 18.7. The molecule has 0 radical (unpaired) electrons. The number of benzene rings is 2. The van der Waals surface area contributed by atoms with Crippen LogP contribution < -0.4 is 0 Å². The maximum absolute atomic E-state index is 13.9. The molecule has 1 saturated heterocycles. The second kappa shape index (κ2) is 9.23. The lowest BCUT2D eigenvalue weighted by atomic mass is 9.97. The van der Waals surface area contributed by atoms with Crippen molar-refractivity contribution in [1.29, 1.82) is 0 Å². The minimum Gasteiger partial charge on any atom is -0.350 e. The number of fused-ring (bicyclic) bond motifs is 1. The molecule has 4 nitrogen and oxygen atoms in total. The molecule has 2 heterocycles. The lowest BCUT2D eigenvalue weighted by molar-refractivity contribution is 0.0725. The van der Waals surface area contributed by atoms with Gasteiger partial charge in [0.2, 0.25) is 0 Å². The molecule has 1 atom stereocenters. The van der Waals surface area contributed by atoms with Crippen molar-refractivity contribution >= 4 is 16.8 Å². The lowest BCUT2D eigenvalue weighted by Crippen LogP contribution is -2.42. The molecule has 0 saturated carbocycles. The fraction of sp³-hybridized carbons (Fsp3) is 0.423. The van der Waals surface area contributed by atoms with Gasteiger partial charge >= 0.3 is 0 Å². The van der Waals surface area contributed by atoms with Crippen LogP contribution in [0.1, 0.15) is 40.0 Å². The van der Waals surface area contributed by atoms with Gasteiger partial charge in [-0.25, -0.2) is 4.39 Å². The van der Waals surface area contributed by atoms with Crippen molar-refractivity contribution in [3.05, 3.63) is 70.7 Å². The number of carbonyl (C=O) groups excluding carboxylic acids is 1. The number of nitrogens with zero attached hydrogens (tertiary/aromatic N) is 2. The van der Waals surface area contributed by atoms with Gasteiger partial charge in [-0.2, -0.15) is 0 Å². The molecule has 2 aromatic carbocycles. The number of likely N-dealkylation sites (tertiary alicyclic amines) is 1. The molecule has 3 aromatic rings. The van der Waals surface area contributed by atoms with Crippen LogP contribution in [-0.4, -0.2) is 53.9 Å². The quantitative estimate of drug-likeness (QED) is 0.612. The van der Waals surface area contributed by atoms with Gasteiger partial charge in [0.05, 0.1) is 0 Å². The summed E-state index contributed by atoms with van der Waals surface area (Å²) >= 11 is 0. The van der Waals surface area contributed by atoms with Crippen LogP contribution >= 0.6 is 0 Å². The van der Waals surface area contributed by atoms with Crippen molar-refractivity contribution in [2.75, 3.05) is 33.2 Å². The van der Waals surface area contributed by atoms with Crippen LogP contribution in [-0.2, 0) is 6.42 Å². The summed E-state index contributed by atoms with van der Waals surface area (Å²) in [5, 5.41) is 1.12. The van der Waals surface area contributed by atoms with E-state index in [9.17, 15) is 9.18 Å². The van der Waals surface area contributed by atoms with Gasteiger partial charge in [-0.3, -0.25) is 4.79 Å². The standard InChI is InChI=1S/C26H32FN3O/c1-18-10-11-24-22(15-18)19(2)25(28-24)26(31)29(3)16-20-7-6-13-30(17-20)14-12-21-8-4-5-9-23(21)27/h4-5,8-11,15,20,28H,6-7,12-14,16-17H2,1-3H3. The number of amides is 1. The summed E-state index contributed by atoms with van der Waals surface area (Å²) in [6.07, 6.45) is 2.97. The SMILES string of the molecule is Cc1ccc2[nH]c(C(=O)N(C)CC3CCCN(CCc4ccccc4F)C3)c(C)c2c1. The monoisotopic (exact) mass is 421 g/mol. The molecule has 1 fully saturated rings. The number of halogens is 1. The van der Waals surface area contributed by atoms with Gasteiger partial charge in [0.25, 0.3) is 5.91 Å². The highest BCUT2D eigenvalue weighted by molar-refractivity contribution is 6.00. The van der Waals surface area contributed by atoms with Crippen molar-refractivity contribution in [2.45, 2.75) is 33.1 Å². The molecule has 5 heteroatoms. The predicted molar refractivity (Wildman–Crippen MR) is 124 cm³/mol. The molecule has 0 spiro atoms. The minimum atomic E-state index is -0.120. The predicted octanol–water partition coefficient (Wildman–Crippen LogP) is 4.95. The van der Waals surface area contributed by atoms with Crippen LogP contribution in [0.4, 0.5) is 4.39 Å². The molecular formula is C26H32FN3O. The highest BCUT2D eigenvalue weighted by Gasteiger charge is 2.25. The number of hydrogen-bond donors (Lipinski definition) is 1. The van der Waals surface area contributed by atoms with Gasteiger partial charge in [0.15, 0.2) is 0 Å². The van der Waals surface area contributed by atoms with E-state index >= 15 is 0 Å². The summed E-state index contributed by atoms with van der Waals surface area (Å²) in [5.74, 6) is 0.371. The molecule has 31 heavy (non-hydrogen) atoms. The smallest absolute Gasteiger partial charge is 0.270 e. The minimum absolute atomic E-state index is 0.0508. The average molecular weight is 422 g/mol. The molecule has 4 rings (SSSR count). The topological polar surface area (TPSA) is 39.3 Å². The largest absolute Gasteiger partial charge is 0.350 e. The van der Waals surface area contributed by atoms with Gasteiger partial charge in [-0.05, 0) is 74.9 Å². The van der Waals surface area contributed by atoms with E-state index in [0.29, 0.717) is 11.6 Å². The van der Waals surface area contributed by atoms with Gasteiger partial charge in [0, 0.05) is 37.6 Å². The normalized spacial score (nSPS) is 17.2. The maximum Gasteiger partial charge on any atom is 0.270 e. The summed E-state index contributed by atoms with van der Waals surface area (Å²) in [5.41, 5.74) is 4.69. The Kier molecular flexibility index (Phi) is 6.42. The Hall–Kier alpha value is -2.66. The molecule has 0 bridgehead atoms. The summed E-state index contributed by atoms with van der Waals surface area (Å²) in [6.45, 7) is 7.68. The zero-order chi connectivity index (χ0) is 22.0. The first kappa shape index (κ1) is 21.6. The number of aryl methyl sites for hydroxylation is 2. The van der Waals surface area contributed by atoms with E-state index in [-0.39, 0.29) is 11.7 Å².